The van der Waals surface area contributed by atoms with E-state index in [0.717, 1.165) is 19.8 Å². The quantitative estimate of drug-likeness (QED) is 0.658. The van der Waals surface area contributed by atoms with Crippen LogP contribution in [0.5, 0.6) is 0 Å². The van der Waals surface area contributed by atoms with Gasteiger partial charge in [-0.3, -0.25) is 0 Å². The molecule has 1 aliphatic heterocycles. The summed E-state index contributed by atoms with van der Waals surface area (Å²) in [5, 5.41) is 0. The summed E-state index contributed by atoms with van der Waals surface area (Å²) in [7, 11) is 1.68. The molecule has 1 rings (SSSR count). The summed E-state index contributed by atoms with van der Waals surface area (Å²) in [5.41, 5.74) is 0. The second-order valence-corrected chi connectivity index (χ2v) is 3.05. The van der Waals surface area contributed by atoms with Gasteiger partial charge in [0.1, 0.15) is 0 Å². The highest BCUT2D eigenvalue weighted by Gasteiger charge is 2.08. The van der Waals surface area contributed by atoms with Crippen molar-refractivity contribution in [2.45, 2.75) is 0 Å². The summed E-state index contributed by atoms with van der Waals surface area (Å²) >= 11 is 0. The molecule has 0 fully saturated rings. The second kappa shape index (κ2) is 8.76. The zero-order chi connectivity index (χ0) is 10.2. The molecule has 0 spiro atoms. The number of halogens is 1. The van der Waals surface area contributed by atoms with Crippen molar-refractivity contribution in [2.75, 3.05) is 40.1 Å². The second-order valence-electron chi connectivity index (χ2n) is 3.05. The van der Waals surface area contributed by atoms with E-state index in [9.17, 15) is 0 Å². The van der Waals surface area contributed by atoms with Crippen molar-refractivity contribution in [1.29, 1.82) is 0 Å². The molecule has 5 heteroatoms. The topological polar surface area (TPSA) is 24.9 Å². The average Bonchev–Trinajstić information content (AvgIpc) is 2.65. The van der Waals surface area contributed by atoms with Gasteiger partial charge in [-0.1, -0.05) is 6.58 Å². The third-order valence-corrected chi connectivity index (χ3v) is 2.00. The van der Waals surface area contributed by atoms with E-state index in [1.807, 2.05) is 23.5 Å². The normalized spacial score (nSPS) is 14.2. The van der Waals surface area contributed by atoms with Crippen molar-refractivity contribution < 1.29 is 9.47 Å². The van der Waals surface area contributed by atoms with Gasteiger partial charge in [0.15, 0.2) is 0 Å². The fourth-order valence-electron chi connectivity index (χ4n) is 1.17. The van der Waals surface area contributed by atoms with Crippen LogP contribution in [0.4, 0.5) is 0 Å². The largest absolute Gasteiger partial charge is 0.382 e. The monoisotopic (exact) mass is 278 g/mol. The van der Waals surface area contributed by atoms with Crippen LogP contribution in [0.25, 0.3) is 0 Å². The first-order valence-electron chi connectivity index (χ1n) is 4.74. The zero-order valence-electron chi connectivity index (χ0n) is 9.09. The van der Waals surface area contributed by atoms with E-state index in [-0.39, 0.29) is 17.0 Å². The first-order chi connectivity index (χ1) is 6.86. The van der Waals surface area contributed by atoms with E-state index in [1.165, 1.54) is 0 Å². The molecular weight excluding hydrogens is 260 g/mol. The Morgan fingerprint density at radius 1 is 1.33 bits per heavy atom. The Morgan fingerprint density at radius 2 is 2.13 bits per heavy atom. The van der Waals surface area contributed by atoms with E-state index in [2.05, 4.69) is 11.5 Å². The SMILES string of the molecule is Br.C=CN1C=CN(CCOCCOC)C1. The number of hydrogen-bond donors (Lipinski definition) is 0. The van der Waals surface area contributed by atoms with Crippen LogP contribution in [0.1, 0.15) is 0 Å². The summed E-state index contributed by atoms with van der Waals surface area (Å²) in [6, 6.07) is 0. The number of ether oxygens (including phenoxy) is 2. The molecule has 1 aliphatic rings. The van der Waals surface area contributed by atoms with E-state index in [4.69, 9.17) is 9.47 Å². The first-order valence-corrected chi connectivity index (χ1v) is 4.74. The molecule has 0 saturated carbocycles. The van der Waals surface area contributed by atoms with E-state index in [1.54, 1.807) is 7.11 Å². The number of rotatable bonds is 7. The van der Waals surface area contributed by atoms with Crippen LogP contribution in [0.3, 0.4) is 0 Å². The molecule has 0 N–H and O–H groups in total. The van der Waals surface area contributed by atoms with Crippen molar-refractivity contribution >= 4 is 17.0 Å². The number of hydrogen-bond acceptors (Lipinski definition) is 4. The molecular formula is C10H19BrN2O2. The van der Waals surface area contributed by atoms with Gasteiger partial charge in [-0.05, 0) is 6.20 Å². The van der Waals surface area contributed by atoms with Crippen LogP contribution in [0.2, 0.25) is 0 Å². The van der Waals surface area contributed by atoms with Crippen molar-refractivity contribution in [3.8, 4) is 0 Å². The minimum absolute atomic E-state index is 0. The standard InChI is InChI=1S/C10H18N2O2.BrH/c1-3-11-4-5-12(10-11)6-7-14-9-8-13-2;/h3-5H,1,6-10H2,2H3;1H. The van der Waals surface area contributed by atoms with Crippen molar-refractivity contribution in [3.05, 3.63) is 25.2 Å². The Bertz CT molecular complexity index is 200. The average molecular weight is 279 g/mol. The molecule has 0 radical (unpaired) electrons. The lowest BCUT2D eigenvalue weighted by molar-refractivity contribution is 0.0618. The highest BCUT2D eigenvalue weighted by atomic mass is 79.9. The summed E-state index contributed by atoms with van der Waals surface area (Å²) in [4.78, 5) is 4.20. The maximum atomic E-state index is 5.36. The first kappa shape index (κ1) is 14.5. The predicted molar refractivity (Wildman–Crippen MR) is 65.8 cm³/mol. The maximum absolute atomic E-state index is 5.36. The van der Waals surface area contributed by atoms with Crippen LogP contribution in [-0.4, -0.2) is 49.9 Å². The molecule has 15 heavy (non-hydrogen) atoms. The van der Waals surface area contributed by atoms with Gasteiger partial charge < -0.3 is 19.3 Å². The minimum atomic E-state index is 0. The smallest absolute Gasteiger partial charge is 0.0936 e. The van der Waals surface area contributed by atoms with E-state index in [0.29, 0.717) is 13.2 Å². The zero-order valence-corrected chi connectivity index (χ0v) is 10.8. The molecule has 4 nitrogen and oxygen atoms in total. The van der Waals surface area contributed by atoms with Gasteiger partial charge in [0, 0.05) is 26.1 Å². The molecule has 0 amide bonds. The summed E-state index contributed by atoms with van der Waals surface area (Å²) in [6.45, 7) is 7.54. The lowest BCUT2D eigenvalue weighted by atomic mass is 10.6. The summed E-state index contributed by atoms with van der Waals surface area (Å²) in [6.07, 6.45) is 5.85. The lowest BCUT2D eigenvalue weighted by Gasteiger charge is -2.18. The number of nitrogens with zero attached hydrogens (tertiary/aromatic N) is 2. The lowest BCUT2D eigenvalue weighted by Crippen LogP contribution is -2.25. The molecule has 0 bridgehead atoms. The third kappa shape index (κ3) is 5.81. The fraction of sp³-hybridized carbons (Fsp3) is 0.600. The predicted octanol–water partition coefficient (Wildman–Crippen LogP) is 1.42. The highest BCUT2D eigenvalue weighted by molar-refractivity contribution is 8.93. The van der Waals surface area contributed by atoms with Gasteiger partial charge in [0.25, 0.3) is 0 Å². The highest BCUT2D eigenvalue weighted by Crippen LogP contribution is 2.05. The van der Waals surface area contributed by atoms with Gasteiger partial charge >= 0.3 is 0 Å². The molecule has 0 saturated heterocycles. The Kier molecular flexibility index (Phi) is 8.46. The Morgan fingerprint density at radius 3 is 2.73 bits per heavy atom. The van der Waals surface area contributed by atoms with E-state index < -0.39 is 0 Å². The molecule has 0 aromatic heterocycles. The molecule has 0 atom stereocenters. The van der Waals surface area contributed by atoms with Gasteiger partial charge in [-0.15, -0.1) is 17.0 Å². The Labute approximate surface area is 102 Å². The van der Waals surface area contributed by atoms with Gasteiger partial charge in [0.2, 0.25) is 0 Å². The molecule has 0 aromatic rings. The van der Waals surface area contributed by atoms with Crippen LogP contribution >= 0.6 is 17.0 Å². The van der Waals surface area contributed by atoms with Crippen molar-refractivity contribution in [1.82, 2.24) is 9.80 Å². The van der Waals surface area contributed by atoms with Gasteiger partial charge in [0.05, 0.1) is 26.5 Å². The fourth-order valence-corrected chi connectivity index (χ4v) is 1.17. The third-order valence-electron chi connectivity index (χ3n) is 2.00. The molecule has 0 aliphatic carbocycles. The van der Waals surface area contributed by atoms with Crippen LogP contribution in [0.15, 0.2) is 25.2 Å². The molecule has 0 unspecified atom stereocenters. The van der Waals surface area contributed by atoms with Crippen LogP contribution < -0.4 is 0 Å². The van der Waals surface area contributed by atoms with Crippen LogP contribution in [-0.2, 0) is 9.47 Å². The molecule has 88 valence electrons. The maximum Gasteiger partial charge on any atom is 0.0936 e. The Balaban J connectivity index is 0.00000196. The van der Waals surface area contributed by atoms with E-state index >= 15 is 0 Å². The van der Waals surface area contributed by atoms with Crippen molar-refractivity contribution in [3.63, 3.8) is 0 Å². The molecule has 1 heterocycles. The molecule has 0 aromatic carbocycles. The Hall–Kier alpha value is -0.520. The number of methoxy groups -OCH3 is 1. The van der Waals surface area contributed by atoms with Crippen molar-refractivity contribution in [2.24, 2.45) is 0 Å². The summed E-state index contributed by atoms with van der Waals surface area (Å²) in [5.74, 6) is 0. The van der Waals surface area contributed by atoms with Gasteiger partial charge in [-0.2, -0.15) is 0 Å². The summed E-state index contributed by atoms with van der Waals surface area (Å²) < 4.78 is 10.2. The minimum Gasteiger partial charge on any atom is -0.382 e. The van der Waals surface area contributed by atoms with Crippen LogP contribution in [0, 0.1) is 0 Å². The van der Waals surface area contributed by atoms with Gasteiger partial charge in [-0.25, -0.2) is 0 Å².